The van der Waals surface area contributed by atoms with E-state index in [1.54, 1.807) is 11.0 Å². The van der Waals surface area contributed by atoms with Gasteiger partial charge in [0.25, 0.3) is 0 Å². The molecule has 0 bridgehead atoms. The molecular weight excluding hydrogens is 250 g/mol. The van der Waals surface area contributed by atoms with Crippen molar-refractivity contribution in [1.29, 1.82) is 0 Å². The van der Waals surface area contributed by atoms with Gasteiger partial charge in [-0.15, -0.1) is 0 Å². The number of carbonyl (C=O) groups excluding carboxylic acids is 2. The van der Waals surface area contributed by atoms with Gasteiger partial charge in [0.1, 0.15) is 5.78 Å². The summed E-state index contributed by atoms with van der Waals surface area (Å²) < 4.78 is 0. The molecule has 3 nitrogen and oxygen atoms in total. The first-order valence-electron chi connectivity index (χ1n) is 7.15. The first kappa shape index (κ1) is 14.5. The third-order valence-corrected chi connectivity index (χ3v) is 3.65. The molecule has 3 heteroatoms. The Kier molecular flexibility index (Phi) is 4.72. The van der Waals surface area contributed by atoms with Crippen LogP contribution in [-0.2, 0) is 9.59 Å². The van der Waals surface area contributed by atoms with Crippen LogP contribution >= 0.6 is 0 Å². The molecule has 1 aromatic rings. The molecule has 0 saturated carbocycles. The van der Waals surface area contributed by atoms with Gasteiger partial charge >= 0.3 is 0 Å². The molecule has 0 radical (unpaired) electrons. The molecule has 1 amide bonds. The van der Waals surface area contributed by atoms with Gasteiger partial charge in [-0.2, -0.15) is 0 Å². The number of piperidine rings is 1. The molecular formula is C17H21NO2. The summed E-state index contributed by atoms with van der Waals surface area (Å²) in [6.07, 6.45) is 4.41. The van der Waals surface area contributed by atoms with E-state index in [1.165, 1.54) is 5.56 Å². The van der Waals surface area contributed by atoms with E-state index in [0.717, 1.165) is 5.56 Å². The maximum absolute atomic E-state index is 12.0. The highest BCUT2D eigenvalue weighted by atomic mass is 16.2. The zero-order valence-electron chi connectivity index (χ0n) is 12.1. The standard InChI is InChI=1S/C17H21NO2/c1-13(2)15-6-3-14(4-7-15)5-8-17(20)18-11-9-16(19)10-12-18/h3-8,13H,9-12H2,1-2H3/b8-5+. The van der Waals surface area contributed by atoms with Crippen LogP contribution in [0.15, 0.2) is 30.3 Å². The third kappa shape index (κ3) is 3.80. The summed E-state index contributed by atoms with van der Waals surface area (Å²) in [6.45, 7) is 5.42. The van der Waals surface area contributed by atoms with E-state index >= 15 is 0 Å². The lowest BCUT2D eigenvalue weighted by atomic mass is 10.0. The second-order valence-electron chi connectivity index (χ2n) is 5.52. The zero-order chi connectivity index (χ0) is 14.5. The lowest BCUT2D eigenvalue weighted by Crippen LogP contribution is -2.37. The van der Waals surface area contributed by atoms with Crippen molar-refractivity contribution in [3.05, 3.63) is 41.5 Å². The topological polar surface area (TPSA) is 37.4 Å². The van der Waals surface area contributed by atoms with E-state index in [2.05, 4.69) is 26.0 Å². The van der Waals surface area contributed by atoms with Crippen LogP contribution in [0.1, 0.15) is 43.7 Å². The molecule has 2 rings (SSSR count). The fourth-order valence-corrected chi connectivity index (χ4v) is 2.24. The Balaban J connectivity index is 1.94. The molecule has 0 atom stereocenters. The number of likely N-dealkylation sites (tertiary alicyclic amines) is 1. The quantitative estimate of drug-likeness (QED) is 0.792. The fourth-order valence-electron chi connectivity index (χ4n) is 2.24. The Labute approximate surface area is 120 Å². The van der Waals surface area contributed by atoms with Crippen LogP contribution in [0.5, 0.6) is 0 Å². The summed E-state index contributed by atoms with van der Waals surface area (Å²) in [5.41, 5.74) is 2.32. The first-order chi connectivity index (χ1) is 9.56. The number of benzene rings is 1. The lowest BCUT2D eigenvalue weighted by Gasteiger charge is -2.24. The molecule has 0 unspecified atom stereocenters. The normalized spacial score (nSPS) is 16.1. The van der Waals surface area contributed by atoms with Crippen molar-refractivity contribution < 1.29 is 9.59 Å². The van der Waals surface area contributed by atoms with Gasteiger partial charge in [-0.25, -0.2) is 0 Å². The summed E-state index contributed by atoms with van der Waals surface area (Å²) in [5, 5.41) is 0. The third-order valence-electron chi connectivity index (χ3n) is 3.65. The highest BCUT2D eigenvalue weighted by Crippen LogP contribution is 2.15. The van der Waals surface area contributed by atoms with Crippen LogP contribution in [0.4, 0.5) is 0 Å². The number of ketones is 1. The zero-order valence-corrected chi connectivity index (χ0v) is 12.1. The molecule has 0 spiro atoms. The number of Topliss-reactive ketones (excluding diaryl/α,β-unsaturated/α-hetero) is 1. The summed E-state index contributed by atoms with van der Waals surface area (Å²) in [5.74, 6) is 0.758. The molecule has 0 aromatic heterocycles. The predicted octanol–water partition coefficient (Wildman–Crippen LogP) is 3.01. The molecule has 0 N–H and O–H groups in total. The molecule has 1 aliphatic rings. The summed E-state index contributed by atoms with van der Waals surface area (Å²) in [7, 11) is 0. The van der Waals surface area contributed by atoms with Gasteiger partial charge in [0, 0.05) is 32.0 Å². The van der Waals surface area contributed by atoms with Gasteiger partial charge in [0.15, 0.2) is 0 Å². The Morgan fingerprint density at radius 1 is 1.15 bits per heavy atom. The highest BCUT2D eigenvalue weighted by Gasteiger charge is 2.18. The Hall–Kier alpha value is -1.90. The largest absolute Gasteiger partial charge is 0.338 e. The number of hydrogen-bond acceptors (Lipinski definition) is 2. The van der Waals surface area contributed by atoms with Crippen LogP contribution in [0.3, 0.4) is 0 Å². The maximum atomic E-state index is 12.0. The summed E-state index contributed by atoms with van der Waals surface area (Å²) in [6, 6.07) is 8.24. The van der Waals surface area contributed by atoms with Crippen molar-refractivity contribution in [3.63, 3.8) is 0 Å². The monoisotopic (exact) mass is 271 g/mol. The molecule has 20 heavy (non-hydrogen) atoms. The number of amides is 1. The van der Waals surface area contributed by atoms with E-state index in [0.29, 0.717) is 31.8 Å². The van der Waals surface area contributed by atoms with Crippen molar-refractivity contribution in [2.24, 2.45) is 0 Å². The molecule has 1 aliphatic heterocycles. The minimum absolute atomic E-state index is 0.00886. The van der Waals surface area contributed by atoms with E-state index in [1.807, 2.05) is 18.2 Å². The average molecular weight is 271 g/mol. The number of rotatable bonds is 3. The molecule has 1 fully saturated rings. The maximum Gasteiger partial charge on any atom is 0.246 e. The van der Waals surface area contributed by atoms with Crippen molar-refractivity contribution in [2.75, 3.05) is 13.1 Å². The molecule has 1 aromatic carbocycles. The SMILES string of the molecule is CC(C)c1ccc(/C=C/C(=O)N2CCC(=O)CC2)cc1. The van der Waals surface area contributed by atoms with E-state index in [-0.39, 0.29) is 11.7 Å². The van der Waals surface area contributed by atoms with Gasteiger partial charge in [-0.05, 0) is 23.1 Å². The van der Waals surface area contributed by atoms with Crippen LogP contribution in [-0.4, -0.2) is 29.7 Å². The van der Waals surface area contributed by atoms with Crippen LogP contribution < -0.4 is 0 Å². The van der Waals surface area contributed by atoms with Crippen LogP contribution in [0.25, 0.3) is 6.08 Å². The van der Waals surface area contributed by atoms with Crippen LogP contribution in [0.2, 0.25) is 0 Å². The lowest BCUT2D eigenvalue weighted by molar-refractivity contribution is -0.130. The Morgan fingerprint density at radius 2 is 1.75 bits per heavy atom. The van der Waals surface area contributed by atoms with Crippen molar-refractivity contribution >= 4 is 17.8 Å². The summed E-state index contributed by atoms with van der Waals surface area (Å²) in [4.78, 5) is 24.9. The second kappa shape index (κ2) is 6.51. The molecule has 0 aliphatic carbocycles. The van der Waals surface area contributed by atoms with E-state index in [9.17, 15) is 9.59 Å². The summed E-state index contributed by atoms with van der Waals surface area (Å²) >= 11 is 0. The first-order valence-corrected chi connectivity index (χ1v) is 7.15. The van der Waals surface area contributed by atoms with Gasteiger partial charge in [0.05, 0.1) is 0 Å². The van der Waals surface area contributed by atoms with Gasteiger partial charge < -0.3 is 4.90 Å². The van der Waals surface area contributed by atoms with E-state index in [4.69, 9.17) is 0 Å². The van der Waals surface area contributed by atoms with Crippen molar-refractivity contribution in [3.8, 4) is 0 Å². The van der Waals surface area contributed by atoms with Crippen molar-refractivity contribution in [1.82, 2.24) is 4.90 Å². The minimum atomic E-state index is -0.00886. The van der Waals surface area contributed by atoms with E-state index < -0.39 is 0 Å². The fraction of sp³-hybridized carbons (Fsp3) is 0.412. The minimum Gasteiger partial charge on any atom is -0.338 e. The number of hydrogen-bond donors (Lipinski definition) is 0. The number of nitrogens with zero attached hydrogens (tertiary/aromatic N) is 1. The molecule has 106 valence electrons. The smallest absolute Gasteiger partial charge is 0.246 e. The number of carbonyl (C=O) groups is 2. The Bertz CT molecular complexity index is 504. The van der Waals surface area contributed by atoms with Gasteiger partial charge in [-0.1, -0.05) is 38.1 Å². The van der Waals surface area contributed by atoms with Gasteiger partial charge in [0.2, 0.25) is 5.91 Å². The predicted molar refractivity (Wildman–Crippen MR) is 80.4 cm³/mol. The average Bonchev–Trinajstić information content (AvgIpc) is 2.46. The van der Waals surface area contributed by atoms with Crippen molar-refractivity contribution in [2.45, 2.75) is 32.6 Å². The van der Waals surface area contributed by atoms with Gasteiger partial charge in [-0.3, -0.25) is 9.59 Å². The second-order valence-corrected chi connectivity index (χ2v) is 5.52. The molecule has 1 heterocycles. The molecule has 1 saturated heterocycles. The van der Waals surface area contributed by atoms with Crippen LogP contribution in [0, 0.1) is 0 Å². The Morgan fingerprint density at radius 3 is 2.30 bits per heavy atom. The highest BCUT2D eigenvalue weighted by molar-refractivity contribution is 5.93.